The minimum absolute atomic E-state index is 0.0251. The smallest absolute Gasteiger partial charge is 0.356 e. The number of fused-ring (bicyclic) bond motifs is 1. The van der Waals surface area contributed by atoms with Gasteiger partial charge < -0.3 is 5.11 Å². The van der Waals surface area contributed by atoms with Crippen molar-refractivity contribution in [3.05, 3.63) is 11.9 Å². The normalized spacial score (nSPS) is 10.9. The molecule has 6 nitrogen and oxygen atoms in total. The molecule has 0 fully saturated rings. The van der Waals surface area contributed by atoms with E-state index in [1.54, 1.807) is 4.40 Å². The summed E-state index contributed by atoms with van der Waals surface area (Å²) in [4.78, 5) is 23.1. The van der Waals surface area contributed by atoms with Gasteiger partial charge >= 0.3 is 5.97 Å². The largest absolute Gasteiger partial charge is 0.476 e. The van der Waals surface area contributed by atoms with Crippen LogP contribution < -0.4 is 0 Å². The number of thioether (sulfide) groups is 2. The maximum atomic E-state index is 10.8. The molecule has 2 rings (SSSR count). The van der Waals surface area contributed by atoms with E-state index in [9.17, 15) is 4.79 Å². The van der Waals surface area contributed by atoms with E-state index < -0.39 is 5.97 Å². The average molecular weight is 256 g/mol. The maximum Gasteiger partial charge on any atom is 0.356 e. The van der Waals surface area contributed by atoms with E-state index in [-0.39, 0.29) is 5.69 Å². The lowest BCUT2D eigenvalue weighted by Crippen LogP contribution is -1.98. The van der Waals surface area contributed by atoms with Crippen LogP contribution >= 0.6 is 23.5 Å². The maximum absolute atomic E-state index is 10.8. The lowest BCUT2D eigenvalue weighted by atomic mass is 10.5. The Morgan fingerprint density at radius 1 is 1.31 bits per heavy atom. The van der Waals surface area contributed by atoms with Gasteiger partial charge in [-0.05, 0) is 12.5 Å². The van der Waals surface area contributed by atoms with Crippen LogP contribution in [0.3, 0.4) is 0 Å². The number of hydrogen-bond donors (Lipinski definition) is 1. The van der Waals surface area contributed by atoms with Crippen LogP contribution in [-0.2, 0) is 0 Å². The summed E-state index contributed by atoms with van der Waals surface area (Å²) in [5, 5.41) is 10.1. The van der Waals surface area contributed by atoms with Crippen LogP contribution in [0.1, 0.15) is 10.5 Å². The van der Waals surface area contributed by atoms with Crippen molar-refractivity contribution in [1.29, 1.82) is 0 Å². The molecule has 16 heavy (non-hydrogen) atoms. The number of carboxylic acid groups (broad SMARTS) is 1. The molecule has 0 atom stereocenters. The van der Waals surface area contributed by atoms with Crippen molar-refractivity contribution in [3.63, 3.8) is 0 Å². The molecule has 0 unspecified atom stereocenters. The van der Waals surface area contributed by atoms with E-state index in [0.717, 1.165) is 0 Å². The molecule has 1 N–H and O–H groups in total. The number of imidazole rings is 1. The minimum atomic E-state index is -1.07. The molecular weight excluding hydrogens is 248 g/mol. The Balaban J connectivity index is 2.69. The van der Waals surface area contributed by atoms with Crippen molar-refractivity contribution >= 4 is 35.3 Å². The van der Waals surface area contributed by atoms with Gasteiger partial charge in [0.1, 0.15) is 0 Å². The van der Waals surface area contributed by atoms with E-state index >= 15 is 0 Å². The van der Waals surface area contributed by atoms with Gasteiger partial charge in [-0.15, -0.1) is 0 Å². The van der Waals surface area contributed by atoms with Crippen LogP contribution in [0, 0.1) is 0 Å². The van der Waals surface area contributed by atoms with E-state index in [4.69, 9.17) is 5.11 Å². The van der Waals surface area contributed by atoms with E-state index in [1.807, 2.05) is 12.5 Å². The summed E-state index contributed by atoms with van der Waals surface area (Å²) in [7, 11) is 0. The average Bonchev–Trinajstić information content (AvgIpc) is 2.71. The number of aromatic carboxylic acids is 1. The predicted molar refractivity (Wildman–Crippen MR) is 61.3 cm³/mol. The highest BCUT2D eigenvalue weighted by molar-refractivity contribution is 7.99. The molecule has 0 saturated heterocycles. The molecule has 0 aliphatic rings. The number of carbonyl (C=O) groups is 1. The van der Waals surface area contributed by atoms with Gasteiger partial charge in [-0.3, -0.25) is 4.40 Å². The Morgan fingerprint density at radius 3 is 2.62 bits per heavy atom. The number of aromatic nitrogens is 4. The van der Waals surface area contributed by atoms with Crippen molar-refractivity contribution in [2.75, 3.05) is 12.5 Å². The number of nitrogens with zero attached hydrogens (tertiary/aromatic N) is 4. The minimum Gasteiger partial charge on any atom is -0.476 e. The molecule has 0 aromatic carbocycles. The molecule has 2 heterocycles. The molecular formula is C8H8N4O2S2. The summed E-state index contributed by atoms with van der Waals surface area (Å²) < 4.78 is 1.58. The van der Waals surface area contributed by atoms with Crippen LogP contribution in [-0.4, -0.2) is 42.9 Å². The van der Waals surface area contributed by atoms with E-state index in [2.05, 4.69) is 15.0 Å². The summed E-state index contributed by atoms with van der Waals surface area (Å²) in [6, 6.07) is 0. The first-order valence-electron chi connectivity index (χ1n) is 4.24. The van der Waals surface area contributed by atoms with Gasteiger partial charge in [0.05, 0.1) is 0 Å². The van der Waals surface area contributed by atoms with Gasteiger partial charge in [0.2, 0.25) is 5.78 Å². The highest BCUT2D eigenvalue weighted by Crippen LogP contribution is 2.18. The van der Waals surface area contributed by atoms with Gasteiger partial charge in [0.15, 0.2) is 16.0 Å². The second-order valence-corrected chi connectivity index (χ2v) is 4.35. The monoisotopic (exact) mass is 256 g/mol. The molecule has 8 heteroatoms. The first kappa shape index (κ1) is 11.2. The highest BCUT2D eigenvalue weighted by Gasteiger charge is 2.13. The lowest BCUT2D eigenvalue weighted by Gasteiger charge is -2.01. The molecule has 0 bridgehead atoms. The summed E-state index contributed by atoms with van der Waals surface area (Å²) in [5.74, 6) is -0.704. The lowest BCUT2D eigenvalue weighted by molar-refractivity contribution is 0.0691. The van der Waals surface area contributed by atoms with Crippen LogP contribution in [0.15, 0.2) is 16.5 Å². The molecule has 0 radical (unpaired) electrons. The van der Waals surface area contributed by atoms with Gasteiger partial charge in [0, 0.05) is 6.20 Å². The molecule has 84 valence electrons. The van der Waals surface area contributed by atoms with Crippen molar-refractivity contribution in [1.82, 2.24) is 19.4 Å². The Labute approximate surface area is 99.5 Å². The summed E-state index contributed by atoms with van der Waals surface area (Å²) in [6.07, 6.45) is 5.15. The van der Waals surface area contributed by atoms with Crippen LogP contribution in [0.5, 0.6) is 0 Å². The zero-order valence-corrected chi connectivity index (χ0v) is 10.2. The van der Waals surface area contributed by atoms with Gasteiger partial charge in [0.25, 0.3) is 0 Å². The Kier molecular flexibility index (Phi) is 3.01. The van der Waals surface area contributed by atoms with Gasteiger partial charge in [-0.1, -0.05) is 23.5 Å². The third-order valence-electron chi connectivity index (χ3n) is 1.86. The Morgan fingerprint density at radius 2 is 2.06 bits per heavy atom. The third kappa shape index (κ3) is 1.85. The molecule has 2 aromatic rings. The fourth-order valence-electron chi connectivity index (χ4n) is 1.17. The summed E-state index contributed by atoms with van der Waals surface area (Å²) >= 11 is 2.81. The van der Waals surface area contributed by atoms with Crippen molar-refractivity contribution in [2.24, 2.45) is 0 Å². The topological polar surface area (TPSA) is 80.4 Å². The van der Waals surface area contributed by atoms with Gasteiger partial charge in [-0.2, -0.15) is 9.97 Å². The second-order valence-electron chi connectivity index (χ2n) is 2.80. The van der Waals surface area contributed by atoms with Crippen molar-refractivity contribution in [2.45, 2.75) is 10.3 Å². The quantitative estimate of drug-likeness (QED) is 0.828. The Bertz CT molecular complexity index is 554. The van der Waals surface area contributed by atoms with Crippen LogP contribution in [0.4, 0.5) is 0 Å². The predicted octanol–water partition coefficient (Wildman–Crippen LogP) is 1.27. The molecule has 0 spiro atoms. The fourth-order valence-corrected chi connectivity index (χ4v) is 2.09. The fraction of sp³-hybridized carbons (Fsp3) is 0.250. The Hall–Kier alpha value is -1.28. The van der Waals surface area contributed by atoms with Crippen LogP contribution in [0.25, 0.3) is 5.78 Å². The summed E-state index contributed by atoms with van der Waals surface area (Å²) in [5.41, 5.74) is -0.0251. The van der Waals surface area contributed by atoms with E-state index in [1.165, 1.54) is 29.7 Å². The van der Waals surface area contributed by atoms with Crippen molar-refractivity contribution in [3.8, 4) is 0 Å². The molecule has 2 aromatic heterocycles. The zero-order valence-electron chi connectivity index (χ0n) is 8.54. The molecule has 0 amide bonds. The SMILES string of the molecule is CSc1nc(SC)n2cc(C(=O)O)nc2n1. The zero-order chi connectivity index (χ0) is 11.7. The number of hydrogen-bond acceptors (Lipinski definition) is 6. The van der Waals surface area contributed by atoms with Crippen molar-refractivity contribution < 1.29 is 9.90 Å². The summed E-state index contributed by atoms with van der Waals surface area (Å²) in [6.45, 7) is 0. The number of carboxylic acids is 1. The second kappa shape index (κ2) is 4.30. The third-order valence-corrected chi connectivity index (χ3v) is 3.07. The molecule has 0 aliphatic carbocycles. The van der Waals surface area contributed by atoms with Gasteiger partial charge in [-0.25, -0.2) is 9.78 Å². The first-order valence-corrected chi connectivity index (χ1v) is 6.69. The number of rotatable bonds is 3. The molecule has 0 aliphatic heterocycles. The standard InChI is InChI=1S/C8H8N4O2S2/c1-15-7-10-6-9-4(5(13)14)3-12(6)8(11-7)16-2/h3H,1-2H3,(H,13,14). The van der Waals surface area contributed by atoms with Crippen LogP contribution in [0.2, 0.25) is 0 Å². The highest BCUT2D eigenvalue weighted by atomic mass is 32.2. The first-order chi connectivity index (χ1) is 7.65. The van der Waals surface area contributed by atoms with E-state index in [0.29, 0.717) is 16.1 Å². The molecule has 0 saturated carbocycles.